The Labute approximate surface area is 121 Å². The van der Waals surface area contributed by atoms with Crippen molar-refractivity contribution in [3.05, 3.63) is 39.4 Å². The first-order chi connectivity index (χ1) is 9.13. The number of anilines is 1. The van der Waals surface area contributed by atoms with Crippen LogP contribution in [0.5, 0.6) is 0 Å². The largest absolute Gasteiger partial charge is 0.380 e. The molecule has 1 heterocycles. The average molecular weight is 325 g/mol. The fourth-order valence-electron chi connectivity index (χ4n) is 1.86. The highest BCUT2D eigenvalue weighted by molar-refractivity contribution is 9.10. The van der Waals surface area contributed by atoms with Gasteiger partial charge in [0.2, 0.25) is 0 Å². The van der Waals surface area contributed by atoms with E-state index in [2.05, 4.69) is 26.6 Å². The van der Waals surface area contributed by atoms with Crippen LogP contribution in [0.4, 0.5) is 5.69 Å². The normalized spacial score (nSPS) is 13.9. The summed E-state index contributed by atoms with van der Waals surface area (Å²) in [7, 11) is 1.64. The summed E-state index contributed by atoms with van der Waals surface area (Å²) >= 11 is 3.48. The SMILES string of the molecule is COCc1c(Br)cccc1NC(=O)C(C)=C1CNC1. The Bertz CT molecular complexity index is 520. The number of ether oxygens (including phenoxy) is 1. The molecule has 0 atom stereocenters. The molecule has 1 amide bonds. The third-order valence-corrected chi connectivity index (χ3v) is 3.95. The first kappa shape index (κ1) is 14.2. The molecule has 0 unspecified atom stereocenters. The summed E-state index contributed by atoms with van der Waals surface area (Å²) in [6.07, 6.45) is 0. The molecule has 0 spiro atoms. The number of carbonyl (C=O) groups excluding carboxylic acids is 1. The van der Waals surface area contributed by atoms with E-state index in [-0.39, 0.29) is 5.91 Å². The molecular formula is C14H17BrN2O2. The summed E-state index contributed by atoms with van der Waals surface area (Å²) < 4.78 is 6.10. The predicted molar refractivity (Wildman–Crippen MR) is 79.1 cm³/mol. The molecule has 5 heteroatoms. The van der Waals surface area contributed by atoms with Crippen molar-refractivity contribution in [2.75, 3.05) is 25.5 Å². The maximum Gasteiger partial charge on any atom is 0.251 e. The van der Waals surface area contributed by atoms with E-state index < -0.39 is 0 Å². The molecule has 4 nitrogen and oxygen atoms in total. The van der Waals surface area contributed by atoms with Gasteiger partial charge in [-0.25, -0.2) is 0 Å². The molecule has 2 N–H and O–H groups in total. The van der Waals surface area contributed by atoms with Crippen LogP contribution in [0, 0.1) is 0 Å². The minimum Gasteiger partial charge on any atom is -0.380 e. The predicted octanol–water partition coefficient (Wildman–Crippen LogP) is 2.45. The van der Waals surface area contributed by atoms with Crippen molar-refractivity contribution in [2.45, 2.75) is 13.5 Å². The first-order valence-corrected chi connectivity index (χ1v) is 6.89. The summed E-state index contributed by atoms with van der Waals surface area (Å²) in [5.41, 5.74) is 3.69. The third kappa shape index (κ3) is 3.23. The maximum absolute atomic E-state index is 12.2. The lowest BCUT2D eigenvalue weighted by molar-refractivity contribution is -0.112. The van der Waals surface area contributed by atoms with Crippen molar-refractivity contribution in [3.8, 4) is 0 Å². The highest BCUT2D eigenvalue weighted by atomic mass is 79.9. The Morgan fingerprint density at radius 2 is 2.21 bits per heavy atom. The number of hydrogen-bond donors (Lipinski definition) is 2. The summed E-state index contributed by atoms with van der Waals surface area (Å²) in [5.74, 6) is -0.0491. The number of rotatable bonds is 4. The van der Waals surface area contributed by atoms with E-state index in [1.807, 2.05) is 25.1 Å². The highest BCUT2D eigenvalue weighted by Crippen LogP contribution is 2.26. The molecule has 102 valence electrons. The summed E-state index contributed by atoms with van der Waals surface area (Å²) in [4.78, 5) is 12.2. The monoisotopic (exact) mass is 324 g/mol. The van der Waals surface area contributed by atoms with E-state index in [0.717, 1.165) is 34.4 Å². The third-order valence-electron chi connectivity index (χ3n) is 3.20. The number of halogens is 1. The lowest BCUT2D eigenvalue weighted by Gasteiger charge is -2.22. The highest BCUT2D eigenvalue weighted by Gasteiger charge is 2.17. The topological polar surface area (TPSA) is 50.4 Å². The van der Waals surface area contributed by atoms with Gasteiger partial charge in [-0.1, -0.05) is 22.0 Å². The van der Waals surface area contributed by atoms with Crippen molar-refractivity contribution in [3.63, 3.8) is 0 Å². The van der Waals surface area contributed by atoms with Gasteiger partial charge in [0.05, 0.1) is 6.61 Å². The van der Waals surface area contributed by atoms with Crippen molar-refractivity contribution in [2.24, 2.45) is 0 Å². The molecule has 1 fully saturated rings. The Kier molecular flexibility index (Phi) is 4.74. The number of carbonyl (C=O) groups is 1. The Morgan fingerprint density at radius 3 is 2.79 bits per heavy atom. The smallest absolute Gasteiger partial charge is 0.251 e. The molecule has 1 aliphatic rings. The molecule has 1 saturated heterocycles. The zero-order valence-corrected chi connectivity index (χ0v) is 12.6. The molecule has 1 aliphatic heterocycles. The molecule has 0 radical (unpaired) electrons. The Balaban J connectivity index is 2.19. The van der Waals surface area contributed by atoms with Gasteiger partial charge in [0.1, 0.15) is 0 Å². The van der Waals surface area contributed by atoms with E-state index in [0.29, 0.717) is 6.61 Å². The average Bonchev–Trinajstić information content (AvgIpc) is 2.31. The van der Waals surface area contributed by atoms with Crippen LogP contribution >= 0.6 is 15.9 Å². The van der Waals surface area contributed by atoms with Gasteiger partial charge >= 0.3 is 0 Å². The van der Waals surface area contributed by atoms with Gasteiger partial charge in [0.15, 0.2) is 0 Å². The Hall–Kier alpha value is -1.17. The minimum absolute atomic E-state index is 0.0491. The summed E-state index contributed by atoms with van der Waals surface area (Å²) in [6.45, 7) is 3.93. The van der Waals surface area contributed by atoms with Crippen molar-refractivity contribution in [1.82, 2.24) is 5.32 Å². The van der Waals surface area contributed by atoms with E-state index in [1.165, 1.54) is 5.57 Å². The van der Waals surface area contributed by atoms with Crippen LogP contribution in [-0.2, 0) is 16.1 Å². The zero-order chi connectivity index (χ0) is 13.8. The molecule has 19 heavy (non-hydrogen) atoms. The van der Waals surface area contributed by atoms with Gasteiger partial charge < -0.3 is 15.4 Å². The van der Waals surface area contributed by atoms with Gasteiger partial charge in [0, 0.05) is 41.5 Å². The van der Waals surface area contributed by atoms with Crippen LogP contribution in [0.1, 0.15) is 12.5 Å². The molecule has 0 aromatic heterocycles. The fraction of sp³-hybridized carbons (Fsp3) is 0.357. The second-order valence-electron chi connectivity index (χ2n) is 4.49. The number of amides is 1. The second-order valence-corrected chi connectivity index (χ2v) is 5.34. The zero-order valence-electron chi connectivity index (χ0n) is 11.0. The van der Waals surface area contributed by atoms with E-state index in [9.17, 15) is 4.79 Å². The second kappa shape index (κ2) is 6.32. The van der Waals surface area contributed by atoms with Crippen LogP contribution < -0.4 is 10.6 Å². The maximum atomic E-state index is 12.2. The van der Waals surface area contributed by atoms with Crippen LogP contribution in [0.3, 0.4) is 0 Å². The summed E-state index contributed by atoms with van der Waals surface area (Å²) in [6, 6.07) is 5.71. The minimum atomic E-state index is -0.0491. The quantitative estimate of drug-likeness (QED) is 0.836. The molecule has 0 bridgehead atoms. The van der Waals surface area contributed by atoms with Gasteiger partial charge in [0.25, 0.3) is 5.91 Å². The van der Waals surface area contributed by atoms with Crippen LogP contribution in [0.15, 0.2) is 33.8 Å². The van der Waals surface area contributed by atoms with E-state index in [1.54, 1.807) is 7.11 Å². The first-order valence-electron chi connectivity index (χ1n) is 6.10. The van der Waals surface area contributed by atoms with Crippen LogP contribution in [-0.4, -0.2) is 26.1 Å². The molecule has 1 aromatic carbocycles. The Morgan fingerprint density at radius 1 is 1.47 bits per heavy atom. The van der Waals surface area contributed by atoms with Gasteiger partial charge in [-0.3, -0.25) is 4.79 Å². The van der Waals surface area contributed by atoms with Gasteiger partial charge in [-0.2, -0.15) is 0 Å². The van der Waals surface area contributed by atoms with Crippen molar-refractivity contribution >= 4 is 27.5 Å². The van der Waals surface area contributed by atoms with Gasteiger partial charge in [-0.05, 0) is 24.6 Å². The van der Waals surface area contributed by atoms with E-state index >= 15 is 0 Å². The van der Waals surface area contributed by atoms with Gasteiger partial charge in [-0.15, -0.1) is 0 Å². The number of methoxy groups -OCH3 is 1. The fourth-order valence-corrected chi connectivity index (χ4v) is 2.34. The summed E-state index contributed by atoms with van der Waals surface area (Å²) in [5, 5.41) is 6.09. The van der Waals surface area contributed by atoms with E-state index in [4.69, 9.17) is 4.74 Å². The molecule has 0 saturated carbocycles. The lowest BCUT2D eigenvalue weighted by Crippen LogP contribution is -2.36. The lowest BCUT2D eigenvalue weighted by atomic mass is 10.0. The number of hydrogen-bond acceptors (Lipinski definition) is 3. The van der Waals surface area contributed by atoms with Crippen LogP contribution in [0.2, 0.25) is 0 Å². The molecule has 2 rings (SSSR count). The molecular weight excluding hydrogens is 308 g/mol. The number of benzene rings is 1. The van der Waals surface area contributed by atoms with Crippen molar-refractivity contribution in [1.29, 1.82) is 0 Å². The van der Waals surface area contributed by atoms with Crippen LogP contribution in [0.25, 0.3) is 0 Å². The molecule has 0 aliphatic carbocycles. The number of nitrogens with one attached hydrogen (secondary N) is 2. The molecule has 1 aromatic rings. The standard InChI is InChI=1S/C14H17BrN2O2/c1-9(10-6-16-7-10)14(18)17-13-5-3-4-12(15)11(13)8-19-2/h3-5,16H,6-8H2,1-2H3,(H,17,18). The van der Waals surface area contributed by atoms with Crippen molar-refractivity contribution < 1.29 is 9.53 Å².